The fraction of sp³-hybridized carbons (Fsp3) is 1.00. The van der Waals surface area contributed by atoms with Crippen LogP contribution in [0.25, 0.3) is 0 Å². The summed E-state index contributed by atoms with van der Waals surface area (Å²) in [4.78, 5) is 0. The highest BCUT2D eigenvalue weighted by Crippen LogP contribution is 2.35. The summed E-state index contributed by atoms with van der Waals surface area (Å²) >= 11 is 0. The lowest BCUT2D eigenvalue weighted by molar-refractivity contribution is 0.0424. The van der Waals surface area contributed by atoms with Gasteiger partial charge in [-0.1, -0.05) is 6.92 Å². The van der Waals surface area contributed by atoms with E-state index in [4.69, 9.17) is 4.74 Å². The van der Waals surface area contributed by atoms with Gasteiger partial charge in [0.2, 0.25) is 0 Å². The van der Waals surface area contributed by atoms with Crippen LogP contribution in [0, 0.1) is 11.8 Å². The third kappa shape index (κ3) is 4.94. The molecule has 1 aliphatic carbocycles. The van der Waals surface area contributed by atoms with Gasteiger partial charge in [-0.2, -0.15) is 0 Å². The van der Waals surface area contributed by atoms with Crippen molar-refractivity contribution < 1.29 is 9.84 Å². The fourth-order valence-electron chi connectivity index (χ4n) is 1.62. The van der Waals surface area contributed by atoms with Crippen molar-refractivity contribution in [3.05, 3.63) is 0 Å². The maximum Gasteiger partial charge on any atom is 0.0897 e. The van der Waals surface area contributed by atoms with E-state index in [1.165, 1.54) is 12.8 Å². The number of hydrogen-bond acceptors (Lipinski definition) is 3. The molecule has 1 fully saturated rings. The van der Waals surface area contributed by atoms with Crippen LogP contribution in [-0.2, 0) is 4.74 Å². The molecule has 0 aromatic heterocycles. The molecule has 1 saturated carbocycles. The molecular weight excluding hydrogens is 178 g/mol. The molecular formula is C11H23NO2. The number of rotatable bonds is 8. The van der Waals surface area contributed by atoms with Crippen molar-refractivity contribution in [1.29, 1.82) is 0 Å². The highest BCUT2D eigenvalue weighted by molar-refractivity contribution is 4.79. The summed E-state index contributed by atoms with van der Waals surface area (Å²) in [6.07, 6.45) is 2.43. The molecule has 1 aliphatic rings. The minimum atomic E-state index is -0.360. The molecule has 1 rings (SSSR count). The normalized spacial score (nSPS) is 20.8. The first-order valence-electron chi connectivity index (χ1n) is 5.70. The molecule has 0 radical (unpaired) electrons. The zero-order valence-electron chi connectivity index (χ0n) is 9.33. The Bertz CT molecular complexity index is 148. The number of aliphatic hydroxyl groups excluding tert-OH is 1. The predicted molar refractivity (Wildman–Crippen MR) is 57.3 cm³/mol. The lowest BCUT2D eigenvalue weighted by Gasteiger charge is -2.14. The van der Waals surface area contributed by atoms with Crippen molar-refractivity contribution >= 4 is 0 Å². The fourth-order valence-corrected chi connectivity index (χ4v) is 1.62. The van der Waals surface area contributed by atoms with Crippen LogP contribution in [0.4, 0.5) is 0 Å². The molecule has 0 aromatic carbocycles. The van der Waals surface area contributed by atoms with Crippen molar-refractivity contribution in [3.8, 4) is 0 Å². The van der Waals surface area contributed by atoms with Crippen molar-refractivity contribution in [1.82, 2.24) is 5.32 Å². The Labute approximate surface area is 86.8 Å². The highest BCUT2D eigenvalue weighted by atomic mass is 16.5. The molecule has 2 atom stereocenters. The van der Waals surface area contributed by atoms with E-state index in [-0.39, 0.29) is 6.10 Å². The Balaban J connectivity index is 1.91. The first-order valence-corrected chi connectivity index (χ1v) is 5.70. The zero-order chi connectivity index (χ0) is 10.4. The molecule has 14 heavy (non-hydrogen) atoms. The predicted octanol–water partition coefficient (Wildman–Crippen LogP) is 1.02. The second-order valence-corrected chi connectivity index (χ2v) is 4.29. The van der Waals surface area contributed by atoms with Crippen LogP contribution in [0.5, 0.6) is 0 Å². The molecule has 0 heterocycles. The molecule has 0 bridgehead atoms. The van der Waals surface area contributed by atoms with E-state index in [0.29, 0.717) is 19.8 Å². The van der Waals surface area contributed by atoms with E-state index < -0.39 is 0 Å². The minimum Gasteiger partial charge on any atom is -0.389 e. The molecule has 3 nitrogen and oxygen atoms in total. The molecule has 0 saturated heterocycles. The first-order chi connectivity index (χ1) is 6.74. The Morgan fingerprint density at radius 2 is 2.14 bits per heavy atom. The van der Waals surface area contributed by atoms with Gasteiger partial charge in [-0.25, -0.2) is 0 Å². The standard InChI is InChI=1S/C11H23NO2/c1-3-14-8-11(13)7-12-6-9(2)10-4-5-10/h9-13H,3-8H2,1-2H3. The van der Waals surface area contributed by atoms with Gasteiger partial charge in [0.05, 0.1) is 12.7 Å². The molecule has 0 spiro atoms. The van der Waals surface area contributed by atoms with Crippen LogP contribution in [0.1, 0.15) is 26.7 Å². The Kier molecular flexibility index (Phi) is 5.45. The van der Waals surface area contributed by atoms with Crippen molar-refractivity contribution in [2.45, 2.75) is 32.8 Å². The van der Waals surface area contributed by atoms with Crippen molar-refractivity contribution in [2.75, 3.05) is 26.3 Å². The summed E-state index contributed by atoms with van der Waals surface area (Å²) in [5.41, 5.74) is 0. The lowest BCUT2D eigenvalue weighted by Crippen LogP contribution is -2.33. The molecule has 0 aromatic rings. The van der Waals surface area contributed by atoms with Crippen molar-refractivity contribution in [2.24, 2.45) is 11.8 Å². The van der Waals surface area contributed by atoms with Gasteiger partial charge in [-0.15, -0.1) is 0 Å². The van der Waals surface area contributed by atoms with Crippen LogP contribution in [0.2, 0.25) is 0 Å². The summed E-state index contributed by atoms with van der Waals surface area (Å²) in [7, 11) is 0. The minimum absolute atomic E-state index is 0.360. The number of hydrogen-bond donors (Lipinski definition) is 2. The van der Waals surface area contributed by atoms with E-state index in [1.54, 1.807) is 0 Å². The van der Waals surface area contributed by atoms with E-state index in [1.807, 2.05) is 6.92 Å². The topological polar surface area (TPSA) is 41.5 Å². The van der Waals surface area contributed by atoms with Gasteiger partial charge in [0.15, 0.2) is 0 Å². The summed E-state index contributed by atoms with van der Waals surface area (Å²) in [6, 6.07) is 0. The quantitative estimate of drug-likeness (QED) is 0.616. The Morgan fingerprint density at radius 1 is 1.43 bits per heavy atom. The summed E-state index contributed by atoms with van der Waals surface area (Å²) in [5.74, 6) is 1.70. The lowest BCUT2D eigenvalue weighted by atomic mass is 10.1. The van der Waals surface area contributed by atoms with Gasteiger partial charge < -0.3 is 15.2 Å². The third-order valence-corrected chi connectivity index (χ3v) is 2.79. The Morgan fingerprint density at radius 3 is 2.71 bits per heavy atom. The van der Waals surface area contributed by atoms with Crippen LogP contribution >= 0.6 is 0 Å². The van der Waals surface area contributed by atoms with Crippen LogP contribution in [-0.4, -0.2) is 37.5 Å². The largest absolute Gasteiger partial charge is 0.389 e. The molecule has 3 heteroatoms. The molecule has 84 valence electrons. The van der Waals surface area contributed by atoms with Gasteiger partial charge in [-0.3, -0.25) is 0 Å². The second kappa shape index (κ2) is 6.38. The molecule has 0 amide bonds. The van der Waals surface area contributed by atoms with Crippen molar-refractivity contribution in [3.63, 3.8) is 0 Å². The average molecular weight is 201 g/mol. The van der Waals surface area contributed by atoms with Gasteiger partial charge in [0.25, 0.3) is 0 Å². The van der Waals surface area contributed by atoms with Crippen LogP contribution in [0.3, 0.4) is 0 Å². The number of aliphatic hydroxyl groups is 1. The molecule has 2 unspecified atom stereocenters. The molecule has 0 aliphatic heterocycles. The van der Waals surface area contributed by atoms with Gasteiger partial charge in [-0.05, 0) is 38.1 Å². The smallest absolute Gasteiger partial charge is 0.0897 e. The maximum absolute atomic E-state index is 9.46. The zero-order valence-corrected chi connectivity index (χ0v) is 9.33. The second-order valence-electron chi connectivity index (χ2n) is 4.29. The van der Waals surface area contributed by atoms with Crippen LogP contribution in [0.15, 0.2) is 0 Å². The number of ether oxygens (including phenoxy) is 1. The molecule has 2 N–H and O–H groups in total. The third-order valence-electron chi connectivity index (χ3n) is 2.79. The van der Waals surface area contributed by atoms with E-state index >= 15 is 0 Å². The highest BCUT2D eigenvalue weighted by Gasteiger charge is 2.27. The summed E-state index contributed by atoms with van der Waals surface area (Å²) in [6.45, 7) is 7.01. The van der Waals surface area contributed by atoms with Gasteiger partial charge >= 0.3 is 0 Å². The van der Waals surface area contributed by atoms with Crippen LogP contribution < -0.4 is 5.32 Å². The van der Waals surface area contributed by atoms with E-state index in [0.717, 1.165) is 18.4 Å². The monoisotopic (exact) mass is 201 g/mol. The van der Waals surface area contributed by atoms with E-state index in [2.05, 4.69) is 12.2 Å². The summed E-state index contributed by atoms with van der Waals surface area (Å²) in [5, 5.41) is 12.7. The van der Waals surface area contributed by atoms with Gasteiger partial charge in [0.1, 0.15) is 0 Å². The van der Waals surface area contributed by atoms with E-state index in [9.17, 15) is 5.11 Å². The summed E-state index contributed by atoms with van der Waals surface area (Å²) < 4.78 is 5.12. The Hall–Kier alpha value is -0.120. The maximum atomic E-state index is 9.46. The average Bonchev–Trinajstić information content (AvgIpc) is 2.97. The number of nitrogens with one attached hydrogen (secondary N) is 1. The van der Waals surface area contributed by atoms with Gasteiger partial charge in [0, 0.05) is 13.2 Å². The SMILES string of the molecule is CCOCC(O)CNCC(C)C1CC1. The first kappa shape index (κ1) is 12.0.